The van der Waals surface area contributed by atoms with Crippen LogP contribution < -0.4 is 0 Å². The van der Waals surface area contributed by atoms with Gasteiger partial charge in [0.05, 0.1) is 18.4 Å². The minimum Gasteiger partial charge on any atom is -0.481 e. The van der Waals surface area contributed by atoms with Gasteiger partial charge in [-0.25, -0.2) is 0 Å². The van der Waals surface area contributed by atoms with Crippen molar-refractivity contribution < 1.29 is 19.4 Å². The lowest BCUT2D eigenvalue weighted by atomic mass is 9.95. The Morgan fingerprint density at radius 2 is 1.73 bits per heavy atom. The summed E-state index contributed by atoms with van der Waals surface area (Å²) in [4.78, 5) is 23.1. The van der Waals surface area contributed by atoms with Crippen molar-refractivity contribution in [1.82, 2.24) is 0 Å². The van der Waals surface area contributed by atoms with Crippen LogP contribution in [0.2, 0.25) is 0 Å². The zero-order valence-corrected chi connectivity index (χ0v) is 14.0. The number of carbonyl (C=O) groups excluding carboxylic acids is 1. The van der Waals surface area contributed by atoms with Gasteiger partial charge in [-0.2, -0.15) is 0 Å². The molecule has 0 fully saturated rings. The van der Waals surface area contributed by atoms with Gasteiger partial charge in [0, 0.05) is 0 Å². The Morgan fingerprint density at radius 1 is 1.14 bits per heavy atom. The number of carboxylic acids is 1. The van der Waals surface area contributed by atoms with Crippen molar-refractivity contribution in [3.8, 4) is 0 Å². The SMILES string of the molecule is CCCCCCCCCCOC(=O)C1CC(C)=CC1C(=O)O. The molecule has 1 rings (SSSR count). The molecular weight excluding hydrogens is 280 g/mol. The molecule has 0 aromatic rings. The van der Waals surface area contributed by atoms with Crippen molar-refractivity contribution >= 4 is 11.9 Å². The van der Waals surface area contributed by atoms with Gasteiger partial charge in [-0.05, 0) is 19.8 Å². The van der Waals surface area contributed by atoms with Gasteiger partial charge in [0.1, 0.15) is 0 Å². The first-order valence-corrected chi connectivity index (χ1v) is 8.63. The Morgan fingerprint density at radius 3 is 2.32 bits per heavy atom. The lowest BCUT2D eigenvalue weighted by Gasteiger charge is -2.14. The largest absolute Gasteiger partial charge is 0.481 e. The smallest absolute Gasteiger partial charge is 0.311 e. The summed E-state index contributed by atoms with van der Waals surface area (Å²) >= 11 is 0. The third-order valence-corrected chi connectivity index (χ3v) is 4.27. The molecule has 126 valence electrons. The van der Waals surface area contributed by atoms with E-state index < -0.39 is 17.8 Å². The Labute approximate surface area is 133 Å². The summed E-state index contributed by atoms with van der Waals surface area (Å²) in [6.45, 7) is 4.49. The number of aliphatic carboxylic acids is 1. The lowest BCUT2D eigenvalue weighted by molar-refractivity contribution is -0.155. The predicted octanol–water partition coefficient (Wildman–Crippen LogP) is 4.34. The Balaban J connectivity index is 2.10. The van der Waals surface area contributed by atoms with Crippen LogP contribution in [0.15, 0.2) is 11.6 Å². The molecule has 1 N–H and O–H groups in total. The summed E-state index contributed by atoms with van der Waals surface area (Å²) in [6, 6.07) is 0. The quantitative estimate of drug-likeness (QED) is 0.350. The maximum atomic E-state index is 12.0. The number of hydrogen-bond acceptors (Lipinski definition) is 3. The molecule has 0 saturated carbocycles. The maximum Gasteiger partial charge on any atom is 0.311 e. The number of hydrogen-bond donors (Lipinski definition) is 1. The number of ether oxygens (including phenoxy) is 1. The molecule has 0 aromatic carbocycles. The van der Waals surface area contributed by atoms with Crippen LogP contribution in [0.3, 0.4) is 0 Å². The Hall–Kier alpha value is -1.32. The van der Waals surface area contributed by atoms with E-state index in [1.807, 2.05) is 6.92 Å². The van der Waals surface area contributed by atoms with Gasteiger partial charge in [-0.3, -0.25) is 9.59 Å². The van der Waals surface area contributed by atoms with E-state index in [-0.39, 0.29) is 5.97 Å². The third kappa shape index (κ3) is 6.63. The fourth-order valence-electron chi connectivity index (χ4n) is 2.95. The topological polar surface area (TPSA) is 63.6 Å². The van der Waals surface area contributed by atoms with Crippen molar-refractivity contribution in [1.29, 1.82) is 0 Å². The van der Waals surface area contributed by atoms with Gasteiger partial charge in [0.2, 0.25) is 0 Å². The Kier molecular flexibility index (Phi) is 8.86. The second-order valence-electron chi connectivity index (χ2n) is 6.33. The number of rotatable bonds is 11. The van der Waals surface area contributed by atoms with Crippen LogP contribution in [0.5, 0.6) is 0 Å². The molecule has 0 spiro atoms. The molecule has 2 unspecified atom stereocenters. The highest BCUT2D eigenvalue weighted by atomic mass is 16.5. The summed E-state index contributed by atoms with van der Waals surface area (Å²) in [7, 11) is 0. The fraction of sp³-hybridized carbons (Fsp3) is 0.778. The lowest BCUT2D eigenvalue weighted by Crippen LogP contribution is -2.27. The number of allylic oxidation sites excluding steroid dienone is 1. The fourth-order valence-corrected chi connectivity index (χ4v) is 2.95. The first-order valence-electron chi connectivity index (χ1n) is 8.63. The molecule has 2 atom stereocenters. The number of carbonyl (C=O) groups is 2. The molecule has 0 saturated heterocycles. The van der Waals surface area contributed by atoms with E-state index in [0.29, 0.717) is 13.0 Å². The van der Waals surface area contributed by atoms with Crippen LogP contribution >= 0.6 is 0 Å². The van der Waals surface area contributed by atoms with Crippen molar-refractivity contribution in [2.24, 2.45) is 11.8 Å². The molecule has 0 amide bonds. The minimum atomic E-state index is -0.939. The predicted molar refractivity (Wildman–Crippen MR) is 86.6 cm³/mol. The van der Waals surface area contributed by atoms with Crippen LogP contribution in [-0.2, 0) is 14.3 Å². The maximum absolute atomic E-state index is 12.0. The van der Waals surface area contributed by atoms with Crippen molar-refractivity contribution in [3.05, 3.63) is 11.6 Å². The molecule has 4 nitrogen and oxygen atoms in total. The first-order chi connectivity index (χ1) is 10.6. The average Bonchev–Trinajstić information content (AvgIpc) is 2.87. The average molecular weight is 310 g/mol. The van der Waals surface area contributed by atoms with Crippen molar-refractivity contribution in [3.63, 3.8) is 0 Å². The van der Waals surface area contributed by atoms with Crippen LogP contribution in [0.4, 0.5) is 0 Å². The van der Waals surface area contributed by atoms with E-state index in [1.165, 1.54) is 38.5 Å². The molecule has 0 aromatic heterocycles. The molecule has 0 aliphatic heterocycles. The van der Waals surface area contributed by atoms with Gasteiger partial charge in [0.15, 0.2) is 0 Å². The number of unbranched alkanes of at least 4 members (excludes halogenated alkanes) is 7. The molecular formula is C18H30O4. The third-order valence-electron chi connectivity index (χ3n) is 4.27. The van der Waals surface area contributed by atoms with Gasteiger partial charge >= 0.3 is 11.9 Å². The van der Waals surface area contributed by atoms with Crippen LogP contribution in [0, 0.1) is 11.8 Å². The summed E-state index contributed by atoms with van der Waals surface area (Å²) in [6.07, 6.45) is 11.7. The summed E-state index contributed by atoms with van der Waals surface area (Å²) < 4.78 is 5.26. The molecule has 1 aliphatic carbocycles. The molecule has 0 heterocycles. The van der Waals surface area contributed by atoms with Crippen LogP contribution in [0.25, 0.3) is 0 Å². The molecule has 0 radical (unpaired) electrons. The van der Waals surface area contributed by atoms with Gasteiger partial charge < -0.3 is 9.84 Å². The van der Waals surface area contributed by atoms with E-state index in [2.05, 4.69) is 6.92 Å². The van der Waals surface area contributed by atoms with E-state index >= 15 is 0 Å². The molecule has 22 heavy (non-hydrogen) atoms. The Bertz CT molecular complexity index is 387. The van der Waals surface area contributed by atoms with E-state index in [1.54, 1.807) is 6.08 Å². The molecule has 1 aliphatic rings. The monoisotopic (exact) mass is 310 g/mol. The number of carboxylic acid groups (broad SMARTS) is 1. The van der Waals surface area contributed by atoms with Gasteiger partial charge in [-0.1, -0.05) is 63.5 Å². The minimum absolute atomic E-state index is 0.358. The highest BCUT2D eigenvalue weighted by Gasteiger charge is 2.37. The molecule has 4 heteroatoms. The van der Waals surface area contributed by atoms with E-state index in [9.17, 15) is 9.59 Å². The number of esters is 1. The van der Waals surface area contributed by atoms with E-state index in [0.717, 1.165) is 18.4 Å². The van der Waals surface area contributed by atoms with Crippen molar-refractivity contribution in [2.45, 2.75) is 71.6 Å². The van der Waals surface area contributed by atoms with Crippen molar-refractivity contribution in [2.75, 3.05) is 6.61 Å². The second kappa shape index (κ2) is 10.4. The first kappa shape index (κ1) is 18.7. The zero-order chi connectivity index (χ0) is 16.4. The second-order valence-corrected chi connectivity index (χ2v) is 6.33. The molecule has 0 bridgehead atoms. The van der Waals surface area contributed by atoms with Gasteiger partial charge in [0.25, 0.3) is 0 Å². The van der Waals surface area contributed by atoms with Crippen LogP contribution in [-0.4, -0.2) is 23.7 Å². The summed E-state index contributed by atoms with van der Waals surface area (Å²) in [5.41, 5.74) is 0.960. The summed E-state index contributed by atoms with van der Waals surface area (Å²) in [5.74, 6) is -2.55. The van der Waals surface area contributed by atoms with Gasteiger partial charge in [-0.15, -0.1) is 0 Å². The normalized spacial score (nSPS) is 20.7. The highest BCUT2D eigenvalue weighted by Crippen LogP contribution is 2.31. The highest BCUT2D eigenvalue weighted by molar-refractivity contribution is 5.84. The standard InChI is InChI=1S/C18H30O4/c1-3-4-5-6-7-8-9-10-11-22-18(21)16-13-14(2)12-15(16)17(19)20/h12,15-16H,3-11,13H2,1-2H3,(H,19,20). The summed E-state index contributed by atoms with van der Waals surface area (Å²) in [5, 5.41) is 9.13. The van der Waals surface area contributed by atoms with Crippen LogP contribution in [0.1, 0.15) is 71.6 Å². The van der Waals surface area contributed by atoms with E-state index in [4.69, 9.17) is 9.84 Å². The zero-order valence-electron chi connectivity index (χ0n) is 14.0.